The highest BCUT2D eigenvalue weighted by molar-refractivity contribution is 6.39. The first kappa shape index (κ1) is 58.0. The summed E-state index contributed by atoms with van der Waals surface area (Å²) in [6, 6.07) is -2.17. The van der Waals surface area contributed by atoms with Crippen LogP contribution in [0.25, 0.3) is 0 Å². The van der Waals surface area contributed by atoms with E-state index in [-0.39, 0.29) is 56.2 Å². The van der Waals surface area contributed by atoms with Crippen molar-refractivity contribution in [1.29, 1.82) is 0 Å². The smallest absolute Gasteiger partial charge is 0.408 e. The number of rotatable bonds is 7. The molecule has 0 aromatic rings. The number of Topliss-reactive ketones (excluding diaryl/α,β-unsaturated/α-hetero) is 3. The molecule has 3 heterocycles. The predicted octanol–water partition coefficient (Wildman–Crippen LogP) is 4.58. The maximum absolute atomic E-state index is 14.4. The molecule has 390 valence electrons. The third kappa shape index (κ3) is 15.7. The summed E-state index contributed by atoms with van der Waals surface area (Å²) in [5, 5.41) is 36.6. The Labute approximate surface area is 414 Å². The Hall–Kier alpha value is -4.54. The summed E-state index contributed by atoms with van der Waals surface area (Å²) >= 11 is 0. The summed E-state index contributed by atoms with van der Waals surface area (Å²) in [5.41, 5.74) is 7.92. The molecule has 6 N–H and O–H groups in total. The number of cyclic esters (lactones) is 1. The Kier molecular flexibility index (Phi) is 22.7. The molecule has 0 aromatic heterocycles. The number of piperidine rings is 1. The van der Waals surface area contributed by atoms with Gasteiger partial charge in [0.05, 0.1) is 24.9 Å². The number of allylic oxidation sites excluding steroid dienone is 6. The van der Waals surface area contributed by atoms with E-state index < -0.39 is 114 Å². The van der Waals surface area contributed by atoms with Gasteiger partial charge < -0.3 is 55.0 Å². The second-order valence-electron chi connectivity index (χ2n) is 20.0. The minimum atomic E-state index is -2.48. The molecule has 70 heavy (non-hydrogen) atoms. The lowest BCUT2D eigenvalue weighted by Gasteiger charge is -2.42. The first-order valence-electron chi connectivity index (χ1n) is 24.9. The third-order valence-corrected chi connectivity index (χ3v) is 14.6. The number of alkyl carbamates (subject to hydrolysis) is 1. The van der Waals surface area contributed by atoms with Gasteiger partial charge in [0.2, 0.25) is 5.79 Å². The SMILES string of the molecule is C#CCNC(=O)O[C@@H]1CC[C@@H](C[C@@H](N)[C@@H]2CC(=O)[C@H](C)/C=C(\C)[C@@H](O)[C@@H](O)C(=O)[C@H](C)C[C@H](C)/C=C/C=C/C=C(\C)[C@@H](OC)C[C@@H]3CC[C@@H](C)[C@@](O)(O3)C(=O)C(=O)N3CCCC[C@H]3C(=O)O2)C[C@H]1OC. The van der Waals surface area contributed by atoms with Gasteiger partial charge in [0, 0.05) is 57.4 Å². The molecule has 1 aliphatic carbocycles. The van der Waals surface area contributed by atoms with Gasteiger partial charge in [0.1, 0.15) is 36.2 Å². The predicted molar refractivity (Wildman–Crippen MR) is 260 cm³/mol. The molecule has 2 saturated heterocycles. The molecule has 0 unspecified atom stereocenters. The number of fused-ring (bicyclic) bond motifs is 3. The first-order chi connectivity index (χ1) is 33.1. The van der Waals surface area contributed by atoms with Crippen molar-refractivity contribution >= 4 is 35.3 Å². The molecule has 17 heteroatoms. The largest absolute Gasteiger partial charge is 0.459 e. The number of carbonyl (C=O) groups is 6. The number of aliphatic hydroxyl groups is 3. The first-order valence-corrected chi connectivity index (χ1v) is 24.9. The van der Waals surface area contributed by atoms with Gasteiger partial charge in [-0.15, -0.1) is 6.42 Å². The van der Waals surface area contributed by atoms with Crippen molar-refractivity contribution in [3.05, 3.63) is 47.6 Å². The summed E-state index contributed by atoms with van der Waals surface area (Å²) in [4.78, 5) is 83.8. The molecule has 0 spiro atoms. The number of esters is 1. The average Bonchev–Trinajstić information content (AvgIpc) is 3.34. The van der Waals surface area contributed by atoms with E-state index in [2.05, 4.69) is 11.2 Å². The lowest BCUT2D eigenvalue weighted by atomic mass is 9.80. The second kappa shape index (κ2) is 27.3. The van der Waals surface area contributed by atoms with E-state index in [1.807, 2.05) is 44.2 Å². The average molecular weight is 982 g/mol. The number of nitrogens with one attached hydrogen (secondary N) is 1. The number of ether oxygens (including phenoxy) is 5. The number of terminal acetylenes is 1. The zero-order valence-corrected chi connectivity index (χ0v) is 42.4. The molecule has 15 atom stereocenters. The summed E-state index contributed by atoms with van der Waals surface area (Å²) in [5.74, 6) is -6.72. The van der Waals surface area contributed by atoms with Crippen molar-refractivity contribution in [3.63, 3.8) is 0 Å². The number of aliphatic hydroxyl groups excluding tert-OH is 2. The van der Waals surface area contributed by atoms with E-state index in [9.17, 15) is 44.1 Å². The monoisotopic (exact) mass is 982 g/mol. The third-order valence-electron chi connectivity index (χ3n) is 14.6. The van der Waals surface area contributed by atoms with Crippen LogP contribution in [0.4, 0.5) is 4.79 Å². The van der Waals surface area contributed by atoms with Crippen molar-refractivity contribution in [2.24, 2.45) is 35.3 Å². The summed E-state index contributed by atoms with van der Waals surface area (Å²) in [7, 11) is 3.05. The molecule has 2 bridgehead atoms. The Morgan fingerprint density at radius 1 is 0.929 bits per heavy atom. The van der Waals surface area contributed by atoms with Crippen LogP contribution in [0.2, 0.25) is 0 Å². The van der Waals surface area contributed by atoms with Gasteiger partial charge in [-0.1, -0.05) is 70.1 Å². The van der Waals surface area contributed by atoms with Gasteiger partial charge in [-0.25, -0.2) is 9.59 Å². The standard InChI is InChI=1S/C53H79N3O14/c1-10-23-55-52(64)69-42-22-20-37(28-45(42)67-9)27-39(54)44-30-41(57)33(4)26-35(6)47(59)48(60)46(58)34(5)25-31(2)16-12-11-13-17-32(3)43(66-8)29-38-21-19-36(7)53(65,70-38)49(61)50(62)56-24-15-14-18-40(56)51(63)68-44/h1,11-13,16-17,26,31,33-34,36-40,42-45,47-48,59-60,65H,14-15,18-25,27-30,54H2,2-9H3,(H,55,64)/b13-11+,16-12+,32-17+,35-26+/t31-,33-,34-,36-,37+,38+,39-,40+,42-,43+,44+,45-,47-,48+,53-/m1/s1. The lowest BCUT2D eigenvalue weighted by Crippen LogP contribution is -2.61. The van der Waals surface area contributed by atoms with E-state index in [0.29, 0.717) is 51.4 Å². The van der Waals surface area contributed by atoms with Crippen molar-refractivity contribution < 1.29 is 67.8 Å². The number of nitrogens with zero attached hydrogens (tertiary/aromatic N) is 1. The lowest BCUT2D eigenvalue weighted by molar-refractivity contribution is -0.265. The van der Waals surface area contributed by atoms with Crippen LogP contribution >= 0.6 is 0 Å². The Balaban J connectivity index is 1.67. The van der Waals surface area contributed by atoms with E-state index in [1.54, 1.807) is 27.9 Å². The van der Waals surface area contributed by atoms with Gasteiger partial charge in [0.25, 0.3) is 11.7 Å². The Bertz CT molecular complexity index is 1990. The number of hydrogen-bond acceptors (Lipinski definition) is 15. The van der Waals surface area contributed by atoms with E-state index in [1.165, 1.54) is 20.1 Å². The molecule has 17 nitrogen and oxygen atoms in total. The van der Waals surface area contributed by atoms with Crippen molar-refractivity contribution in [1.82, 2.24) is 10.2 Å². The second-order valence-corrected chi connectivity index (χ2v) is 20.0. The van der Waals surface area contributed by atoms with Crippen molar-refractivity contribution in [2.45, 2.75) is 179 Å². The molecular formula is C53H79N3O14. The van der Waals surface area contributed by atoms with Crippen LogP contribution in [0.1, 0.15) is 119 Å². The maximum Gasteiger partial charge on any atom is 0.408 e. The maximum atomic E-state index is 14.4. The van der Waals surface area contributed by atoms with Crippen LogP contribution in [0.3, 0.4) is 0 Å². The van der Waals surface area contributed by atoms with Crippen LogP contribution in [0.15, 0.2) is 47.6 Å². The van der Waals surface area contributed by atoms with E-state index in [4.69, 9.17) is 35.8 Å². The fraction of sp³-hybridized carbons (Fsp3) is 0.698. The highest BCUT2D eigenvalue weighted by Gasteiger charge is 2.53. The number of ketones is 3. The van der Waals surface area contributed by atoms with Crippen LogP contribution in [-0.4, -0.2) is 143 Å². The number of hydrogen-bond donors (Lipinski definition) is 5. The zero-order valence-electron chi connectivity index (χ0n) is 42.4. The molecule has 3 fully saturated rings. The number of amides is 2. The van der Waals surface area contributed by atoms with Crippen LogP contribution in [0.5, 0.6) is 0 Å². The molecule has 1 saturated carbocycles. The summed E-state index contributed by atoms with van der Waals surface area (Å²) < 4.78 is 29.4. The zero-order chi connectivity index (χ0) is 51.9. The molecular weight excluding hydrogens is 903 g/mol. The molecule has 0 aromatic carbocycles. The Morgan fingerprint density at radius 3 is 2.34 bits per heavy atom. The molecule has 4 rings (SSSR count). The van der Waals surface area contributed by atoms with Gasteiger partial charge in [-0.2, -0.15) is 0 Å². The molecule has 0 radical (unpaired) electrons. The van der Waals surface area contributed by atoms with Crippen molar-refractivity contribution in [2.75, 3.05) is 27.3 Å². The van der Waals surface area contributed by atoms with E-state index in [0.717, 1.165) is 10.5 Å². The molecule has 3 aliphatic heterocycles. The van der Waals surface area contributed by atoms with Gasteiger partial charge in [-0.3, -0.25) is 19.2 Å². The summed E-state index contributed by atoms with van der Waals surface area (Å²) in [6.45, 7) is 10.3. The minimum Gasteiger partial charge on any atom is -0.459 e. The quantitative estimate of drug-likeness (QED) is 0.101. The van der Waals surface area contributed by atoms with Crippen molar-refractivity contribution in [3.8, 4) is 12.3 Å². The number of nitrogens with two attached hydrogens (primary N) is 1. The molecule has 2 amide bonds. The topological polar surface area (TPSA) is 251 Å². The fourth-order valence-electron chi connectivity index (χ4n) is 10.1. The van der Waals surface area contributed by atoms with Crippen LogP contribution in [-0.2, 0) is 47.7 Å². The number of carbonyl (C=O) groups excluding carboxylic acids is 6. The van der Waals surface area contributed by atoms with Crippen LogP contribution in [0, 0.1) is 41.9 Å². The van der Waals surface area contributed by atoms with E-state index >= 15 is 0 Å². The highest BCUT2D eigenvalue weighted by atomic mass is 16.6. The van der Waals surface area contributed by atoms with Gasteiger partial charge in [0.15, 0.2) is 5.78 Å². The minimum absolute atomic E-state index is 0.00212. The normalized spacial score (nSPS) is 38.1. The molecule has 4 aliphatic rings. The Morgan fingerprint density at radius 2 is 1.66 bits per heavy atom. The van der Waals surface area contributed by atoms with Crippen LogP contribution < -0.4 is 11.1 Å². The highest BCUT2D eigenvalue weighted by Crippen LogP contribution is 2.37. The fourth-order valence-corrected chi connectivity index (χ4v) is 10.1. The van der Waals surface area contributed by atoms with Gasteiger partial charge >= 0.3 is 12.1 Å². The van der Waals surface area contributed by atoms with Gasteiger partial charge in [-0.05, 0) is 101 Å². The number of methoxy groups -OCH3 is 2. The summed E-state index contributed by atoms with van der Waals surface area (Å²) in [6.07, 6.45) is 12.6.